The molecule has 6 heteroatoms. The van der Waals surface area contributed by atoms with Gasteiger partial charge in [-0.1, -0.05) is 72.8 Å². The molecule has 3 aromatic carbocycles. The molecule has 0 saturated carbocycles. The normalized spacial score (nSPS) is 19.6. The van der Waals surface area contributed by atoms with E-state index >= 15 is 0 Å². The van der Waals surface area contributed by atoms with Gasteiger partial charge < -0.3 is 10.1 Å². The summed E-state index contributed by atoms with van der Waals surface area (Å²) in [6.07, 6.45) is -3.67. The van der Waals surface area contributed by atoms with Gasteiger partial charge in [-0.05, 0) is 35.2 Å². The molecule has 3 aromatic rings. The van der Waals surface area contributed by atoms with Crippen LogP contribution in [0.1, 0.15) is 29.0 Å². The van der Waals surface area contributed by atoms with Gasteiger partial charge in [0.2, 0.25) is 0 Å². The summed E-state index contributed by atoms with van der Waals surface area (Å²) in [6, 6.07) is 27.4. The van der Waals surface area contributed by atoms with Crippen molar-refractivity contribution >= 4 is 0 Å². The number of benzene rings is 3. The Morgan fingerprint density at radius 2 is 1.50 bits per heavy atom. The zero-order chi connectivity index (χ0) is 22.4. The van der Waals surface area contributed by atoms with E-state index in [2.05, 4.69) is 63.5 Å². The third kappa shape index (κ3) is 6.34. The largest absolute Gasteiger partial charge is 0.573 e. The van der Waals surface area contributed by atoms with Gasteiger partial charge >= 0.3 is 6.36 Å². The summed E-state index contributed by atoms with van der Waals surface area (Å²) in [4.78, 5) is 2.49. The molecule has 0 amide bonds. The molecule has 32 heavy (non-hydrogen) atoms. The molecule has 4 rings (SSSR count). The standard InChI is InChI=1S/C26H27F3N2O/c27-26(28,29)32-23-13-11-20(12-14-23)17-30-25-15-16-31(18-21-7-3-1-4-8-21)19-24(25)22-9-5-2-6-10-22/h1-14,24-25,30H,15-19H2. The van der Waals surface area contributed by atoms with Gasteiger partial charge in [-0.2, -0.15) is 0 Å². The molecule has 0 aromatic heterocycles. The van der Waals surface area contributed by atoms with Gasteiger partial charge in [0.25, 0.3) is 0 Å². The second-order valence-corrected chi connectivity index (χ2v) is 8.21. The minimum atomic E-state index is -4.67. The molecule has 3 nitrogen and oxygen atoms in total. The maximum Gasteiger partial charge on any atom is 0.573 e. The van der Waals surface area contributed by atoms with Gasteiger partial charge in [-0.25, -0.2) is 0 Å². The lowest BCUT2D eigenvalue weighted by Gasteiger charge is -2.39. The van der Waals surface area contributed by atoms with Crippen molar-refractivity contribution in [3.63, 3.8) is 0 Å². The number of hydrogen-bond acceptors (Lipinski definition) is 3. The van der Waals surface area contributed by atoms with E-state index in [9.17, 15) is 13.2 Å². The van der Waals surface area contributed by atoms with Crippen molar-refractivity contribution in [3.05, 3.63) is 102 Å². The van der Waals surface area contributed by atoms with Crippen LogP contribution in [0.3, 0.4) is 0 Å². The second kappa shape index (κ2) is 10.2. The van der Waals surface area contributed by atoms with Crippen molar-refractivity contribution in [3.8, 4) is 5.75 Å². The van der Waals surface area contributed by atoms with Crippen LogP contribution in [0.5, 0.6) is 5.75 Å². The zero-order valence-electron chi connectivity index (χ0n) is 17.8. The number of halogens is 3. The number of ether oxygens (including phenoxy) is 1. The summed E-state index contributed by atoms with van der Waals surface area (Å²) in [6.45, 7) is 3.47. The molecule has 1 aliphatic rings. The smallest absolute Gasteiger partial charge is 0.406 e. The summed E-state index contributed by atoms with van der Waals surface area (Å²) in [5.74, 6) is 0.138. The van der Waals surface area contributed by atoms with Crippen molar-refractivity contribution in [2.24, 2.45) is 0 Å². The van der Waals surface area contributed by atoms with E-state index in [4.69, 9.17) is 0 Å². The number of rotatable bonds is 7. The molecule has 1 saturated heterocycles. The molecule has 2 atom stereocenters. The molecular formula is C26H27F3N2O. The van der Waals surface area contributed by atoms with Crippen molar-refractivity contribution < 1.29 is 17.9 Å². The fourth-order valence-electron chi connectivity index (χ4n) is 4.34. The monoisotopic (exact) mass is 440 g/mol. The number of nitrogens with zero attached hydrogens (tertiary/aromatic N) is 1. The summed E-state index contributed by atoms with van der Waals surface area (Å²) >= 11 is 0. The molecule has 1 aliphatic heterocycles. The molecule has 0 spiro atoms. The number of likely N-dealkylation sites (tertiary alicyclic amines) is 1. The summed E-state index contributed by atoms with van der Waals surface area (Å²) in [5.41, 5.74) is 3.54. The van der Waals surface area contributed by atoms with E-state index in [1.54, 1.807) is 12.1 Å². The third-order valence-corrected chi connectivity index (χ3v) is 5.90. The van der Waals surface area contributed by atoms with E-state index in [1.165, 1.54) is 23.3 Å². The van der Waals surface area contributed by atoms with E-state index in [1.807, 2.05) is 12.1 Å². The summed E-state index contributed by atoms with van der Waals surface area (Å²) < 4.78 is 41.1. The van der Waals surface area contributed by atoms with Gasteiger partial charge in [-0.3, -0.25) is 4.90 Å². The van der Waals surface area contributed by atoms with Crippen LogP contribution in [-0.4, -0.2) is 30.4 Å². The molecule has 0 radical (unpaired) electrons. The molecule has 1 fully saturated rings. The third-order valence-electron chi connectivity index (χ3n) is 5.90. The van der Waals surface area contributed by atoms with E-state index < -0.39 is 6.36 Å². The lowest BCUT2D eigenvalue weighted by atomic mass is 9.85. The fraction of sp³-hybridized carbons (Fsp3) is 0.308. The van der Waals surface area contributed by atoms with Crippen molar-refractivity contribution in [2.45, 2.75) is 37.8 Å². The Kier molecular flexibility index (Phi) is 7.12. The van der Waals surface area contributed by atoms with Crippen LogP contribution >= 0.6 is 0 Å². The highest BCUT2D eigenvalue weighted by Crippen LogP contribution is 2.29. The van der Waals surface area contributed by atoms with Gasteiger partial charge in [0.15, 0.2) is 0 Å². The average molecular weight is 441 g/mol. The Morgan fingerprint density at radius 3 is 2.16 bits per heavy atom. The topological polar surface area (TPSA) is 24.5 Å². The molecule has 0 aliphatic carbocycles. The van der Waals surface area contributed by atoms with Crippen LogP contribution in [0.15, 0.2) is 84.9 Å². The Balaban J connectivity index is 1.40. The van der Waals surface area contributed by atoms with Gasteiger partial charge in [-0.15, -0.1) is 13.2 Å². The molecule has 1 N–H and O–H groups in total. The van der Waals surface area contributed by atoms with E-state index in [0.717, 1.165) is 31.6 Å². The van der Waals surface area contributed by atoms with Gasteiger partial charge in [0.1, 0.15) is 5.75 Å². The maximum atomic E-state index is 12.4. The summed E-state index contributed by atoms with van der Waals surface area (Å²) in [7, 11) is 0. The van der Waals surface area contributed by atoms with Crippen LogP contribution in [0.2, 0.25) is 0 Å². The van der Waals surface area contributed by atoms with Gasteiger partial charge in [0, 0.05) is 38.1 Å². The van der Waals surface area contributed by atoms with Crippen LogP contribution in [-0.2, 0) is 13.1 Å². The highest BCUT2D eigenvalue weighted by atomic mass is 19.4. The van der Waals surface area contributed by atoms with Crippen molar-refractivity contribution in [2.75, 3.05) is 13.1 Å². The molecule has 0 bridgehead atoms. The number of nitrogens with one attached hydrogen (secondary N) is 1. The lowest BCUT2D eigenvalue weighted by molar-refractivity contribution is -0.274. The van der Waals surface area contributed by atoms with E-state index in [-0.39, 0.29) is 11.8 Å². The van der Waals surface area contributed by atoms with Crippen molar-refractivity contribution in [1.29, 1.82) is 0 Å². The molecule has 1 heterocycles. The minimum Gasteiger partial charge on any atom is -0.406 e. The Hall–Kier alpha value is -2.83. The Bertz CT molecular complexity index is 962. The van der Waals surface area contributed by atoms with E-state index in [0.29, 0.717) is 12.5 Å². The maximum absolute atomic E-state index is 12.4. The van der Waals surface area contributed by atoms with Crippen LogP contribution < -0.4 is 10.1 Å². The van der Waals surface area contributed by atoms with Gasteiger partial charge in [0.05, 0.1) is 0 Å². The first-order valence-electron chi connectivity index (χ1n) is 10.9. The first kappa shape index (κ1) is 22.4. The second-order valence-electron chi connectivity index (χ2n) is 8.21. The quantitative estimate of drug-likeness (QED) is 0.508. The first-order chi connectivity index (χ1) is 15.5. The molecular weight excluding hydrogens is 413 g/mol. The Morgan fingerprint density at radius 1 is 0.844 bits per heavy atom. The Labute approximate surface area is 186 Å². The predicted octanol–water partition coefficient (Wildman–Crippen LogP) is 5.73. The van der Waals surface area contributed by atoms with Crippen LogP contribution in [0, 0.1) is 0 Å². The number of hydrogen-bond donors (Lipinski definition) is 1. The van der Waals surface area contributed by atoms with Crippen molar-refractivity contribution in [1.82, 2.24) is 10.2 Å². The number of piperidine rings is 1. The first-order valence-corrected chi connectivity index (χ1v) is 10.9. The predicted molar refractivity (Wildman–Crippen MR) is 119 cm³/mol. The SMILES string of the molecule is FC(F)(F)Oc1ccc(CNC2CCN(Cc3ccccc3)CC2c2ccccc2)cc1. The zero-order valence-corrected chi connectivity index (χ0v) is 17.8. The highest BCUT2D eigenvalue weighted by molar-refractivity contribution is 5.28. The fourth-order valence-corrected chi connectivity index (χ4v) is 4.34. The average Bonchev–Trinajstić information content (AvgIpc) is 2.79. The van der Waals surface area contributed by atoms with Crippen LogP contribution in [0.4, 0.5) is 13.2 Å². The molecule has 2 unspecified atom stereocenters. The molecule has 168 valence electrons. The lowest BCUT2D eigenvalue weighted by Crippen LogP contribution is -2.47. The summed E-state index contributed by atoms with van der Waals surface area (Å²) in [5, 5.41) is 3.65. The number of alkyl halides is 3. The van der Waals surface area contributed by atoms with Crippen LogP contribution in [0.25, 0.3) is 0 Å². The highest BCUT2D eigenvalue weighted by Gasteiger charge is 2.31. The minimum absolute atomic E-state index is 0.197.